The van der Waals surface area contributed by atoms with Crippen LogP contribution in [0.1, 0.15) is 19.8 Å². The molecule has 0 saturated carbocycles. The van der Waals surface area contributed by atoms with Crippen molar-refractivity contribution in [1.82, 2.24) is 30.2 Å². The molecule has 0 bridgehead atoms. The second kappa shape index (κ2) is 7.53. The number of benzene rings is 1. The van der Waals surface area contributed by atoms with E-state index in [-0.39, 0.29) is 17.7 Å². The van der Waals surface area contributed by atoms with Crippen molar-refractivity contribution in [3.05, 3.63) is 28.7 Å². The lowest BCUT2D eigenvalue weighted by Gasteiger charge is -2.13. The molecule has 0 aliphatic carbocycles. The molecule has 1 fully saturated rings. The predicted molar refractivity (Wildman–Crippen MR) is 99.7 cm³/mol. The van der Waals surface area contributed by atoms with Gasteiger partial charge in [0.05, 0.1) is 28.9 Å². The van der Waals surface area contributed by atoms with Crippen molar-refractivity contribution in [1.29, 1.82) is 0 Å². The van der Waals surface area contributed by atoms with Gasteiger partial charge in [-0.15, -0.1) is 5.10 Å². The van der Waals surface area contributed by atoms with Crippen LogP contribution in [-0.2, 0) is 16.1 Å². The van der Waals surface area contributed by atoms with E-state index in [0.717, 1.165) is 19.4 Å². The number of aromatic nitrogens is 6. The normalized spacial score (nSPS) is 18.0. The van der Waals surface area contributed by atoms with Gasteiger partial charge in [0, 0.05) is 12.3 Å². The van der Waals surface area contributed by atoms with Crippen LogP contribution >= 0.6 is 11.8 Å². The number of carbonyl (C=O) groups is 1. The molecule has 2 atom stereocenters. The van der Waals surface area contributed by atoms with Crippen molar-refractivity contribution in [2.45, 2.75) is 42.8 Å². The number of hydrogen-bond donors (Lipinski definition) is 3. The Morgan fingerprint density at radius 3 is 3.11 bits per heavy atom. The molecule has 0 spiro atoms. The highest BCUT2D eigenvalue weighted by Crippen LogP contribution is 2.24. The van der Waals surface area contributed by atoms with E-state index in [1.54, 1.807) is 29.8 Å². The highest BCUT2D eigenvalue weighted by atomic mass is 32.2. The number of H-pyrrole nitrogens is 2. The third-order valence-corrected chi connectivity index (χ3v) is 5.41. The SMILES string of the molecule is C[C@H](Sc1nnnn1C[C@@H]1CCCO1)C(=O)Nc1ccc2[nH]c(=O)[nH]c2c1. The van der Waals surface area contributed by atoms with Gasteiger partial charge in [0.2, 0.25) is 11.1 Å². The van der Waals surface area contributed by atoms with E-state index in [9.17, 15) is 9.59 Å². The number of amides is 1. The van der Waals surface area contributed by atoms with Crippen LogP contribution in [0.2, 0.25) is 0 Å². The number of nitrogens with zero attached hydrogens (tertiary/aromatic N) is 4. The second-order valence-corrected chi connectivity index (χ2v) is 7.68. The Morgan fingerprint density at radius 2 is 2.30 bits per heavy atom. The smallest absolute Gasteiger partial charge is 0.323 e. The van der Waals surface area contributed by atoms with E-state index in [2.05, 4.69) is 30.8 Å². The maximum absolute atomic E-state index is 12.5. The zero-order valence-corrected chi connectivity index (χ0v) is 15.5. The molecule has 1 aliphatic heterocycles. The van der Waals surface area contributed by atoms with E-state index >= 15 is 0 Å². The molecule has 3 N–H and O–H groups in total. The van der Waals surface area contributed by atoms with Crippen LogP contribution in [0.4, 0.5) is 5.69 Å². The van der Waals surface area contributed by atoms with Gasteiger partial charge < -0.3 is 20.0 Å². The molecular formula is C16H19N7O3S. The molecule has 1 saturated heterocycles. The number of carbonyl (C=O) groups excluding carboxylic acids is 1. The number of rotatable bonds is 6. The minimum absolute atomic E-state index is 0.118. The van der Waals surface area contributed by atoms with Gasteiger partial charge in [-0.1, -0.05) is 11.8 Å². The van der Waals surface area contributed by atoms with Gasteiger partial charge in [-0.3, -0.25) is 4.79 Å². The summed E-state index contributed by atoms with van der Waals surface area (Å²) >= 11 is 1.29. The minimum Gasteiger partial charge on any atom is -0.376 e. The Bertz CT molecular complexity index is 1000. The lowest BCUT2D eigenvalue weighted by Crippen LogP contribution is -2.23. The molecule has 2 aromatic heterocycles. The fraction of sp³-hybridized carbons (Fsp3) is 0.438. The van der Waals surface area contributed by atoms with Crippen LogP contribution < -0.4 is 11.0 Å². The van der Waals surface area contributed by atoms with Gasteiger partial charge in [0.15, 0.2) is 0 Å². The summed E-state index contributed by atoms with van der Waals surface area (Å²) in [5.41, 5.74) is 1.65. The summed E-state index contributed by atoms with van der Waals surface area (Å²) in [4.78, 5) is 29.2. The number of ether oxygens (including phenoxy) is 1. The van der Waals surface area contributed by atoms with Gasteiger partial charge >= 0.3 is 5.69 Å². The van der Waals surface area contributed by atoms with Gasteiger partial charge in [0.25, 0.3) is 0 Å². The summed E-state index contributed by atoms with van der Waals surface area (Å²) < 4.78 is 7.30. The first-order valence-corrected chi connectivity index (χ1v) is 9.54. The highest BCUT2D eigenvalue weighted by molar-refractivity contribution is 8.00. The number of imidazole rings is 1. The summed E-state index contributed by atoms with van der Waals surface area (Å²) in [5.74, 6) is -0.177. The number of nitrogens with one attached hydrogen (secondary N) is 3. The van der Waals surface area contributed by atoms with Gasteiger partial charge in [-0.2, -0.15) is 0 Å². The quantitative estimate of drug-likeness (QED) is 0.539. The lowest BCUT2D eigenvalue weighted by atomic mass is 10.2. The topological polar surface area (TPSA) is 131 Å². The molecule has 142 valence electrons. The lowest BCUT2D eigenvalue weighted by molar-refractivity contribution is -0.115. The monoisotopic (exact) mass is 389 g/mol. The van der Waals surface area contributed by atoms with E-state index < -0.39 is 5.25 Å². The summed E-state index contributed by atoms with van der Waals surface area (Å²) in [6.07, 6.45) is 2.15. The zero-order valence-electron chi connectivity index (χ0n) is 14.6. The maximum atomic E-state index is 12.5. The Morgan fingerprint density at radius 1 is 1.44 bits per heavy atom. The fourth-order valence-electron chi connectivity index (χ4n) is 2.94. The fourth-order valence-corrected chi connectivity index (χ4v) is 3.74. The summed E-state index contributed by atoms with van der Waals surface area (Å²) in [7, 11) is 0. The molecule has 1 aliphatic rings. The van der Waals surface area contributed by atoms with Crippen LogP contribution in [0.5, 0.6) is 0 Å². The van der Waals surface area contributed by atoms with Gasteiger partial charge in [-0.05, 0) is 48.4 Å². The molecule has 0 unspecified atom stereocenters. The summed E-state index contributed by atoms with van der Waals surface area (Å²) in [6.45, 7) is 3.15. The molecule has 10 nitrogen and oxygen atoms in total. The molecule has 3 heterocycles. The molecule has 27 heavy (non-hydrogen) atoms. The number of anilines is 1. The predicted octanol–water partition coefficient (Wildman–Crippen LogP) is 1.14. The number of hydrogen-bond acceptors (Lipinski definition) is 7. The number of thioether (sulfide) groups is 1. The number of aromatic amines is 2. The van der Waals surface area contributed by atoms with Crippen LogP contribution in [0.25, 0.3) is 11.0 Å². The Kier molecular flexibility index (Phi) is 4.94. The summed E-state index contributed by atoms with van der Waals surface area (Å²) in [5, 5.41) is 14.8. The first-order valence-electron chi connectivity index (χ1n) is 8.66. The van der Waals surface area contributed by atoms with Gasteiger partial charge in [0.1, 0.15) is 0 Å². The number of tetrazole rings is 1. The van der Waals surface area contributed by atoms with Crippen molar-refractivity contribution in [2.24, 2.45) is 0 Å². The first kappa shape index (κ1) is 17.7. The average molecular weight is 389 g/mol. The molecule has 11 heteroatoms. The Labute approximate surface area is 158 Å². The van der Waals surface area contributed by atoms with E-state index in [4.69, 9.17) is 4.74 Å². The number of fused-ring (bicyclic) bond motifs is 1. The first-order chi connectivity index (χ1) is 13.1. The molecular weight excluding hydrogens is 370 g/mol. The van der Waals surface area contributed by atoms with E-state index in [0.29, 0.717) is 28.4 Å². The highest BCUT2D eigenvalue weighted by Gasteiger charge is 2.22. The summed E-state index contributed by atoms with van der Waals surface area (Å²) in [6, 6.07) is 5.19. The third kappa shape index (κ3) is 4.03. The molecule has 1 amide bonds. The second-order valence-electron chi connectivity index (χ2n) is 6.37. The van der Waals surface area contributed by atoms with Gasteiger partial charge in [-0.25, -0.2) is 9.48 Å². The standard InChI is InChI=1S/C16H19N7O3S/c1-9(27-16-20-21-22-23(16)8-11-3-2-6-26-11)14(24)17-10-4-5-12-13(7-10)19-15(25)18-12/h4-5,7,9,11H,2-3,6,8H2,1H3,(H,17,24)(H2,18,19,25)/t9-,11-/m0/s1. The van der Waals surface area contributed by atoms with Crippen LogP contribution in [-0.4, -0.2) is 54.0 Å². The molecule has 3 aromatic rings. The Hall–Kier alpha value is -2.66. The van der Waals surface area contributed by atoms with Crippen molar-refractivity contribution in [3.63, 3.8) is 0 Å². The zero-order chi connectivity index (χ0) is 18.8. The van der Waals surface area contributed by atoms with E-state index in [1.165, 1.54) is 11.8 Å². The molecule has 4 rings (SSSR count). The maximum Gasteiger partial charge on any atom is 0.323 e. The average Bonchev–Trinajstić information content (AvgIpc) is 3.36. The molecule has 1 aromatic carbocycles. The van der Waals surface area contributed by atoms with Crippen molar-refractivity contribution in [2.75, 3.05) is 11.9 Å². The third-order valence-electron chi connectivity index (χ3n) is 4.33. The van der Waals surface area contributed by atoms with Crippen LogP contribution in [0.3, 0.4) is 0 Å². The minimum atomic E-state index is -0.403. The van der Waals surface area contributed by atoms with Crippen molar-refractivity contribution < 1.29 is 9.53 Å². The largest absolute Gasteiger partial charge is 0.376 e. The van der Waals surface area contributed by atoms with Crippen LogP contribution in [0.15, 0.2) is 28.2 Å². The van der Waals surface area contributed by atoms with Crippen molar-refractivity contribution >= 4 is 34.4 Å². The van der Waals surface area contributed by atoms with Crippen molar-refractivity contribution in [3.8, 4) is 0 Å². The van der Waals surface area contributed by atoms with E-state index in [1.807, 2.05) is 0 Å². The molecule has 0 radical (unpaired) electrons. The Balaban J connectivity index is 1.40. The van der Waals surface area contributed by atoms with Crippen LogP contribution in [0, 0.1) is 0 Å².